The fourth-order valence-electron chi connectivity index (χ4n) is 2.23. The van der Waals surface area contributed by atoms with E-state index in [0.717, 1.165) is 33.7 Å². The average molecular weight is 281 g/mol. The van der Waals surface area contributed by atoms with Crippen molar-refractivity contribution in [3.8, 4) is 5.75 Å². The van der Waals surface area contributed by atoms with Gasteiger partial charge in [0.1, 0.15) is 11.0 Å². The molecule has 0 saturated carbocycles. The first kappa shape index (κ1) is 11.9. The van der Waals surface area contributed by atoms with Gasteiger partial charge in [-0.25, -0.2) is 0 Å². The highest BCUT2D eigenvalue weighted by Gasteiger charge is 2.41. The molecule has 3 rings (SSSR count). The lowest BCUT2D eigenvalue weighted by molar-refractivity contribution is -0.119. The van der Waals surface area contributed by atoms with Gasteiger partial charge in [-0.15, -0.1) is 11.8 Å². The minimum Gasteiger partial charge on any atom is -0.497 e. The second-order valence-corrected chi connectivity index (χ2v) is 6.31. The number of ether oxygens (including phenoxy) is 1. The first-order valence-corrected chi connectivity index (χ1v) is 7.38. The van der Waals surface area contributed by atoms with Crippen molar-refractivity contribution >= 4 is 34.7 Å². The smallest absolute Gasteiger partial charge is 0.286 e. The predicted octanol–water partition coefficient (Wildman–Crippen LogP) is 2.24. The van der Waals surface area contributed by atoms with Gasteiger partial charge in [-0.1, -0.05) is 17.8 Å². The summed E-state index contributed by atoms with van der Waals surface area (Å²) in [4.78, 5) is 24.1. The Kier molecular flexibility index (Phi) is 2.99. The van der Waals surface area contributed by atoms with Crippen molar-refractivity contribution < 1.29 is 14.3 Å². The number of hydrogen-bond acceptors (Lipinski definition) is 5. The molecule has 1 aromatic carbocycles. The van der Waals surface area contributed by atoms with Gasteiger partial charge in [0.2, 0.25) is 5.91 Å². The molecular weight excluding hydrogens is 270 g/mol. The Hall–Kier alpha value is -1.14. The molecule has 18 heavy (non-hydrogen) atoms. The highest BCUT2D eigenvalue weighted by atomic mass is 32.2. The van der Waals surface area contributed by atoms with E-state index in [9.17, 15) is 9.59 Å². The fourth-order valence-corrected chi connectivity index (χ4v) is 4.63. The van der Waals surface area contributed by atoms with Crippen LogP contribution in [0, 0.1) is 0 Å². The van der Waals surface area contributed by atoms with Gasteiger partial charge in [0.25, 0.3) is 5.24 Å². The van der Waals surface area contributed by atoms with Crippen molar-refractivity contribution in [2.45, 2.75) is 16.1 Å². The summed E-state index contributed by atoms with van der Waals surface area (Å²) < 4.78 is 5.19. The summed E-state index contributed by atoms with van der Waals surface area (Å²) >= 11 is 2.81. The third-order valence-corrected chi connectivity index (χ3v) is 5.42. The van der Waals surface area contributed by atoms with Gasteiger partial charge in [-0.05, 0) is 17.7 Å². The van der Waals surface area contributed by atoms with Crippen molar-refractivity contribution in [3.05, 3.63) is 23.8 Å². The molecule has 94 valence electrons. The summed E-state index contributed by atoms with van der Waals surface area (Å²) in [6, 6.07) is 5.88. The van der Waals surface area contributed by atoms with Gasteiger partial charge in [0.05, 0.1) is 7.11 Å². The molecule has 1 aromatic rings. The summed E-state index contributed by atoms with van der Waals surface area (Å²) in [7, 11) is 1.64. The zero-order valence-electron chi connectivity index (χ0n) is 9.64. The molecule has 0 spiro atoms. The largest absolute Gasteiger partial charge is 0.497 e. The normalized spacial score (nSPS) is 26.1. The highest BCUT2D eigenvalue weighted by molar-refractivity contribution is 8.15. The molecule has 0 aromatic heterocycles. The van der Waals surface area contributed by atoms with Crippen LogP contribution >= 0.6 is 23.5 Å². The van der Waals surface area contributed by atoms with Crippen molar-refractivity contribution in [1.29, 1.82) is 0 Å². The second kappa shape index (κ2) is 4.51. The topological polar surface area (TPSA) is 55.4 Å². The van der Waals surface area contributed by atoms with Gasteiger partial charge < -0.3 is 4.74 Å². The summed E-state index contributed by atoms with van der Waals surface area (Å²) in [5.74, 6) is 1.59. The van der Waals surface area contributed by atoms with E-state index in [1.54, 1.807) is 18.9 Å². The van der Waals surface area contributed by atoms with Crippen LogP contribution in [-0.4, -0.2) is 29.3 Å². The summed E-state index contributed by atoms with van der Waals surface area (Å²) in [6.07, 6.45) is 0. The van der Waals surface area contributed by atoms with Gasteiger partial charge in [0.15, 0.2) is 0 Å². The zero-order chi connectivity index (χ0) is 12.7. The van der Waals surface area contributed by atoms with E-state index in [0.29, 0.717) is 0 Å². The molecule has 4 nitrogen and oxygen atoms in total. The minimum absolute atomic E-state index is 0.104. The maximum absolute atomic E-state index is 11.7. The van der Waals surface area contributed by atoms with Crippen LogP contribution in [0.25, 0.3) is 0 Å². The molecule has 0 aliphatic carbocycles. The van der Waals surface area contributed by atoms with Gasteiger partial charge in [-0.2, -0.15) is 0 Å². The molecule has 2 amide bonds. The molecule has 2 atom stereocenters. The van der Waals surface area contributed by atoms with Crippen LogP contribution in [0.3, 0.4) is 0 Å². The number of imide groups is 1. The van der Waals surface area contributed by atoms with Crippen LogP contribution in [0.1, 0.15) is 11.5 Å². The average Bonchev–Trinajstić information content (AvgIpc) is 2.91. The van der Waals surface area contributed by atoms with E-state index in [1.807, 2.05) is 18.2 Å². The Labute approximate surface area is 113 Å². The number of rotatable bonds is 2. The predicted molar refractivity (Wildman–Crippen MR) is 71.4 cm³/mol. The molecule has 2 aliphatic heterocycles. The van der Waals surface area contributed by atoms with Crippen molar-refractivity contribution in [2.75, 3.05) is 12.9 Å². The Morgan fingerprint density at radius 1 is 1.39 bits per heavy atom. The third-order valence-electron chi connectivity index (χ3n) is 3.12. The van der Waals surface area contributed by atoms with Crippen molar-refractivity contribution in [2.24, 2.45) is 0 Å². The highest BCUT2D eigenvalue weighted by Crippen LogP contribution is 2.46. The monoisotopic (exact) mass is 281 g/mol. The zero-order valence-corrected chi connectivity index (χ0v) is 11.3. The van der Waals surface area contributed by atoms with Gasteiger partial charge in [0, 0.05) is 16.6 Å². The molecule has 1 saturated heterocycles. The van der Waals surface area contributed by atoms with Crippen LogP contribution in [0.4, 0.5) is 4.79 Å². The SMILES string of the molecule is COc1ccc2c(c1)SCC2C1SC(=O)NC1=O. The molecule has 0 radical (unpaired) electrons. The van der Waals surface area contributed by atoms with E-state index < -0.39 is 0 Å². The maximum atomic E-state index is 11.7. The first-order valence-electron chi connectivity index (χ1n) is 5.51. The molecule has 2 aliphatic rings. The van der Waals surface area contributed by atoms with E-state index >= 15 is 0 Å². The Bertz CT molecular complexity index is 532. The first-order chi connectivity index (χ1) is 8.69. The van der Waals surface area contributed by atoms with Gasteiger partial charge in [-0.3, -0.25) is 14.9 Å². The van der Waals surface area contributed by atoms with Crippen LogP contribution in [0.15, 0.2) is 23.1 Å². The fraction of sp³-hybridized carbons (Fsp3) is 0.333. The van der Waals surface area contributed by atoms with Crippen molar-refractivity contribution in [3.63, 3.8) is 0 Å². The lowest BCUT2D eigenvalue weighted by Crippen LogP contribution is -2.28. The number of benzene rings is 1. The number of fused-ring (bicyclic) bond motifs is 1. The lowest BCUT2D eigenvalue weighted by atomic mass is 9.97. The Morgan fingerprint density at radius 2 is 2.22 bits per heavy atom. The number of carbonyl (C=O) groups excluding carboxylic acids is 2. The van der Waals surface area contributed by atoms with E-state index in [4.69, 9.17) is 4.74 Å². The number of amides is 2. The van der Waals surface area contributed by atoms with E-state index in [2.05, 4.69) is 5.32 Å². The maximum Gasteiger partial charge on any atom is 0.286 e. The van der Waals surface area contributed by atoms with Gasteiger partial charge >= 0.3 is 0 Å². The van der Waals surface area contributed by atoms with Crippen molar-refractivity contribution in [1.82, 2.24) is 5.32 Å². The lowest BCUT2D eigenvalue weighted by Gasteiger charge is -2.14. The van der Waals surface area contributed by atoms with Crippen LogP contribution < -0.4 is 10.1 Å². The quantitative estimate of drug-likeness (QED) is 0.901. The standard InChI is InChI=1S/C12H11NO3S2/c1-16-6-2-3-7-8(5-17-9(7)4-6)10-11(14)13-12(15)18-10/h2-4,8,10H,5H2,1H3,(H,13,14,15). The van der Waals surface area contributed by atoms with Crippen LogP contribution in [-0.2, 0) is 4.79 Å². The number of thioether (sulfide) groups is 2. The number of methoxy groups -OCH3 is 1. The second-order valence-electron chi connectivity index (χ2n) is 4.14. The number of hydrogen-bond donors (Lipinski definition) is 1. The summed E-state index contributed by atoms with van der Waals surface area (Å²) in [6.45, 7) is 0. The Balaban J connectivity index is 1.91. The van der Waals surface area contributed by atoms with Crippen LogP contribution in [0.5, 0.6) is 5.75 Å². The molecule has 2 heterocycles. The molecule has 6 heteroatoms. The number of nitrogens with one attached hydrogen (secondary N) is 1. The van der Waals surface area contributed by atoms with Crippen LogP contribution in [0.2, 0.25) is 0 Å². The molecular formula is C12H11NO3S2. The summed E-state index contributed by atoms with van der Waals surface area (Å²) in [5.41, 5.74) is 1.14. The molecule has 0 bridgehead atoms. The molecule has 2 unspecified atom stereocenters. The summed E-state index contributed by atoms with van der Waals surface area (Å²) in [5, 5.41) is 1.82. The third kappa shape index (κ3) is 1.89. The minimum atomic E-state index is -0.292. The molecule has 1 N–H and O–H groups in total. The Morgan fingerprint density at radius 3 is 2.89 bits per heavy atom. The number of carbonyl (C=O) groups is 2. The molecule has 1 fully saturated rings. The van der Waals surface area contributed by atoms with E-state index in [-0.39, 0.29) is 22.3 Å². The van der Waals surface area contributed by atoms with E-state index in [1.165, 1.54) is 0 Å².